The van der Waals surface area contributed by atoms with E-state index in [0.29, 0.717) is 0 Å². The first kappa shape index (κ1) is 11.8. The molecule has 0 amide bonds. The summed E-state index contributed by atoms with van der Waals surface area (Å²) in [5, 5.41) is 0. The van der Waals surface area contributed by atoms with Gasteiger partial charge in [0, 0.05) is 12.1 Å². The molecule has 1 aromatic rings. The van der Waals surface area contributed by atoms with Crippen LogP contribution in [0.25, 0.3) is 0 Å². The fourth-order valence-electron chi connectivity index (χ4n) is 0.342. The molecule has 1 N–H and O–H groups in total. The van der Waals surface area contributed by atoms with E-state index in [1.807, 2.05) is 30.6 Å². The van der Waals surface area contributed by atoms with E-state index in [1.165, 1.54) is 0 Å². The number of pyridine rings is 1. The van der Waals surface area contributed by atoms with Crippen LogP contribution in [0.1, 0.15) is 0 Å². The van der Waals surface area contributed by atoms with Crippen molar-refractivity contribution in [3.05, 3.63) is 30.6 Å². The molecule has 0 aromatic carbocycles. The van der Waals surface area contributed by atoms with Crippen molar-refractivity contribution in [3.63, 3.8) is 0 Å². The molecule has 1 heterocycles. The fraction of sp³-hybridized carbons (Fsp3) is 0. The van der Waals surface area contributed by atoms with E-state index in [0.717, 1.165) is 0 Å². The quantitative estimate of drug-likeness (QED) is 0.331. The van der Waals surface area contributed by atoms with Gasteiger partial charge < -0.3 is 12.4 Å². The first-order chi connectivity index (χ1) is 3.00. The molecule has 0 aliphatic carbocycles. The number of aromatic amines is 1. The summed E-state index contributed by atoms with van der Waals surface area (Å²) in [6, 6.07) is 5.86. The maximum atomic E-state index is 2.89. The number of nitrogens with one attached hydrogen (secondary N) is 1. The first-order valence-electron chi connectivity index (χ1n) is 1.91. The summed E-state index contributed by atoms with van der Waals surface area (Å²) < 4.78 is 0. The van der Waals surface area contributed by atoms with Crippen LogP contribution < -0.4 is 68.8 Å². The van der Waals surface area contributed by atoms with Gasteiger partial charge in [0.25, 0.3) is 0 Å². The Morgan fingerprint density at radius 1 is 0.875 bits per heavy atom. The average molecular weight is 155 g/mol. The van der Waals surface area contributed by atoms with Crippen molar-refractivity contribution in [3.8, 4) is 0 Å². The van der Waals surface area contributed by atoms with Gasteiger partial charge in [0.15, 0.2) is 12.4 Å². The van der Waals surface area contributed by atoms with Crippen LogP contribution in [0.4, 0.5) is 0 Å². The van der Waals surface area contributed by atoms with Crippen LogP contribution in [-0.4, -0.2) is 0 Å². The van der Waals surface area contributed by atoms with E-state index in [-0.39, 0.29) is 63.8 Å². The molecular weight excluding hydrogens is 149 g/mol. The van der Waals surface area contributed by atoms with Crippen LogP contribution in [0, 0.1) is 0 Å². The monoisotopic (exact) mass is 154 g/mol. The number of H-pyrrole nitrogens is 1. The minimum atomic E-state index is 0. The molecule has 0 fully saturated rings. The van der Waals surface area contributed by atoms with Gasteiger partial charge in [-0.1, -0.05) is 6.07 Å². The Kier molecular flexibility index (Phi) is 11.9. The van der Waals surface area contributed by atoms with Crippen molar-refractivity contribution in [1.82, 2.24) is 0 Å². The molecule has 0 saturated heterocycles. The number of hydrogen-bond acceptors (Lipinski definition) is 0. The standard InChI is InChI=1S/C5H5N.ClH.K/c1-2-4-6-5-3-1;;/h1-5H;1H;/q;;+1. The molecule has 1 nitrogen and oxygen atoms in total. The molecule has 1 rings (SSSR count). The van der Waals surface area contributed by atoms with Gasteiger partial charge in [-0.05, 0) is 0 Å². The van der Waals surface area contributed by atoms with Gasteiger partial charge >= 0.3 is 51.4 Å². The third-order valence-corrected chi connectivity index (χ3v) is 0.607. The first-order valence-corrected chi connectivity index (χ1v) is 1.91. The van der Waals surface area contributed by atoms with E-state index in [4.69, 9.17) is 0 Å². The molecule has 0 atom stereocenters. The number of rotatable bonds is 0. The summed E-state index contributed by atoms with van der Waals surface area (Å²) in [6.45, 7) is 0. The molecule has 8 heavy (non-hydrogen) atoms. The Labute approximate surface area is 97.7 Å². The Bertz CT molecular complexity index is 84.4. The molecule has 0 saturated carbocycles. The molecule has 3 heteroatoms. The summed E-state index contributed by atoms with van der Waals surface area (Å²) in [4.78, 5) is 2.89. The van der Waals surface area contributed by atoms with Crippen LogP contribution in [0.15, 0.2) is 30.6 Å². The third-order valence-electron chi connectivity index (χ3n) is 0.607. The zero-order valence-corrected chi connectivity index (χ0v) is 8.64. The maximum absolute atomic E-state index is 2.89. The molecule has 0 unspecified atom stereocenters. The van der Waals surface area contributed by atoms with Crippen LogP contribution in [0.3, 0.4) is 0 Å². The minimum Gasteiger partial charge on any atom is -1.00 e. The Morgan fingerprint density at radius 2 is 1.38 bits per heavy atom. The smallest absolute Gasteiger partial charge is 1.00 e. The molecule has 0 spiro atoms. The van der Waals surface area contributed by atoms with E-state index < -0.39 is 0 Å². The largest absolute Gasteiger partial charge is 1.00 e. The zero-order valence-electron chi connectivity index (χ0n) is 4.76. The molecule has 38 valence electrons. The second kappa shape index (κ2) is 8.08. The van der Waals surface area contributed by atoms with Crippen molar-refractivity contribution in [2.24, 2.45) is 0 Å². The van der Waals surface area contributed by atoms with E-state index in [2.05, 4.69) is 4.98 Å². The number of hydrogen-bond donors (Lipinski definition) is 0. The molecule has 0 aliphatic rings. The van der Waals surface area contributed by atoms with Crippen LogP contribution in [0.2, 0.25) is 0 Å². The van der Waals surface area contributed by atoms with E-state index >= 15 is 0 Å². The molecule has 0 bridgehead atoms. The normalized spacial score (nSPS) is 6.00. The summed E-state index contributed by atoms with van der Waals surface area (Å²) in [6.07, 6.45) is 3.75. The van der Waals surface area contributed by atoms with Crippen molar-refractivity contribution >= 4 is 0 Å². The van der Waals surface area contributed by atoms with Gasteiger partial charge in [-0.25, -0.2) is 4.98 Å². The predicted octanol–water partition coefficient (Wildman–Crippen LogP) is -5.49. The van der Waals surface area contributed by atoms with Gasteiger partial charge in [0.2, 0.25) is 0 Å². The minimum absolute atomic E-state index is 0. The zero-order chi connectivity index (χ0) is 4.24. The predicted molar refractivity (Wildman–Crippen MR) is 23.0 cm³/mol. The van der Waals surface area contributed by atoms with Gasteiger partial charge in [-0.15, -0.1) is 0 Å². The molecule has 0 radical (unpaired) electrons. The van der Waals surface area contributed by atoms with Gasteiger partial charge in [-0.2, -0.15) is 0 Å². The molecular formula is C5H6ClKN+. The summed E-state index contributed by atoms with van der Waals surface area (Å²) in [5.41, 5.74) is 0. The van der Waals surface area contributed by atoms with Crippen LogP contribution in [-0.2, 0) is 0 Å². The van der Waals surface area contributed by atoms with Crippen LogP contribution >= 0.6 is 0 Å². The number of halogens is 1. The van der Waals surface area contributed by atoms with Gasteiger partial charge in [-0.3, -0.25) is 0 Å². The summed E-state index contributed by atoms with van der Waals surface area (Å²) >= 11 is 0. The fourth-order valence-corrected chi connectivity index (χ4v) is 0.342. The number of aromatic nitrogens is 1. The SMILES string of the molecule is [Cl-].[K+].c1cc[nH+]cc1. The molecule has 1 aromatic heterocycles. The van der Waals surface area contributed by atoms with Gasteiger partial charge in [0.05, 0.1) is 0 Å². The van der Waals surface area contributed by atoms with E-state index in [9.17, 15) is 0 Å². The van der Waals surface area contributed by atoms with Crippen molar-refractivity contribution in [1.29, 1.82) is 0 Å². The average Bonchev–Trinajstić information content (AvgIpc) is 1.72. The Balaban J connectivity index is 0. The second-order valence-corrected chi connectivity index (χ2v) is 1.08. The second-order valence-electron chi connectivity index (χ2n) is 1.08. The van der Waals surface area contributed by atoms with Crippen molar-refractivity contribution in [2.75, 3.05) is 0 Å². The maximum Gasteiger partial charge on any atom is 1.00 e. The third kappa shape index (κ3) is 5.22. The van der Waals surface area contributed by atoms with Crippen molar-refractivity contribution in [2.45, 2.75) is 0 Å². The Morgan fingerprint density at radius 3 is 1.50 bits per heavy atom. The Hall–Kier alpha value is 1.08. The summed E-state index contributed by atoms with van der Waals surface area (Å²) in [5.74, 6) is 0. The summed E-state index contributed by atoms with van der Waals surface area (Å²) in [7, 11) is 0. The topological polar surface area (TPSA) is 14.1 Å². The van der Waals surface area contributed by atoms with E-state index in [1.54, 1.807) is 0 Å². The van der Waals surface area contributed by atoms with Gasteiger partial charge in [0.1, 0.15) is 0 Å². The van der Waals surface area contributed by atoms with Crippen LogP contribution in [0.5, 0.6) is 0 Å². The molecule has 0 aliphatic heterocycles. The van der Waals surface area contributed by atoms with Crippen molar-refractivity contribution < 1.29 is 68.8 Å².